The predicted octanol–water partition coefficient (Wildman–Crippen LogP) is 6.56. The Labute approximate surface area is 188 Å². The average Bonchev–Trinajstić information content (AvgIpc) is 2.69. The molecule has 0 spiro atoms. The molecule has 0 fully saturated rings. The second-order valence-electron chi connectivity index (χ2n) is 5.67. The van der Waals surface area contributed by atoms with Crippen molar-refractivity contribution in [1.29, 1.82) is 0 Å². The minimum Gasteiger partial charge on any atom is -0.349 e. The van der Waals surface area contributed by atoms with Crippen molar-refractivity contribution in [3.63, 3.8) is 0 Å². The summed E-state index contributed by atoms with van der Waals surface area (Å²) in [4.78, 5) is -0.150. The average molecular weight is 573 g/mol. The fraction of sp³-hybridized carbons (Fsp3) is 0. The highest BCUT2D eigenvalue weighted by Gasteiger charge is 2.27. The van der Waals surface area contributed by atoms with Gasteiger partial charge >= 0.3 is 0 Å². The van der Waals surface area contributed by atoms with Gasteiger partial charge in [-0.3, -0.25) is 4.72 Å². The quantitative estimate of drug-likeness (QED) is 0.207. The summed E-state index contributed by atoms with van der Waals surface area (Å²) >= 11 is 13.6. The van der Waals surface area contributed by atoms with Crippen LogP contribution in [0.1, 0.15) is 0 Å². The molecule has 0 aliphatic heterocycles. The van der Waals surface area contributed by atoms with Crippen molar-refractivity contribution in [2.45, 2.75) is 4.90 Å². The van der Waals surface area contributed by atoms with Gasteiger partial charge in [0.25, 0.3) is 10.0 Å². The third-order valence-corrected chi connectivity index (χ3v) is 6.61. The zero-order valence-corrected chi connectivity index (χ0v) is 18.6. The third-order valence-electron chi connectivity index (χ3n) is 3.75. The minimum absolute atomic E-state index is 0.150. The molecule has 0 saturated carbocycles. The normalized spacial score (nSPS) is 11.4. The summed E-state index contributed by atoms with van der Waals surface area (Å²) in [5, 5.41) is 0.955. The van der Waals surface area contributed by atoms with Crippen molar-refractivity contribution in [3.8, 4) is 0 Å². The van der Waals surface area contributed by atoms with Crippen LogP contribution in [0.25, 0.3) is 0 Å². The summed E-state index contributed by atoms with van der Waals surface area (Å²) in [5.74, 6) is -3.80. The van der Waals surface area contributed by atoms with E-state index in [1.54, 1.807) is 6.07 Å². The summed E-state index contributed by atoms with van der Waals surface area (Å²) in [6, 6.07) is 11.1. The Morgan fingerprint density at radius 2 is 1.52 bits per heavy atom. The zero-order chi connectivity index (χ0) is 21.3. The Kier molecular flexibility index (Phi) is 6.51. The third kappa shape index (κ3) is 4.57. The molecule has 0 radical (unpaired) electrons. The molecular formula is C18H10Cl2F3IN2O2S. The Balaban J connectivity index is 2.15. The molecule has 0 heterocycles. The maximum absolute atomic E-state index is 14.6. The van der Waals surface area contributed by atoms with E-state index in [1.807, 2.05) is 22.6 Å². The summed E-state index contributed by atoms with van der Waals surface area (Å²) in [6.45, 7) is 0. The maximum Gasteiger partial charge on any atom is 0.262 e. The smallest absolute Gasteiger partial charge is 0.262 e. The van der Waals surface area contributed by atoms with Crippen molar-refractivity contribution < 1.29 is 21.6 Å². The van der Waals surface area contributed by atoms with Crippen LogP contribution in [-0.2, 0) is 10.0 Å². The number of hydrogen-bond acceptors (Lipinski definition) is 3. The molecule has 29 heavy (non-hydrogen) atoms. The van der Waals surface area contributed by atoms with E-state index in [9.17, 15) is 21.6 Å². The van der Waals surface area contributed by atoms with Crippen molar-refractivity contribution in [3.05, 3.63) is 79.6 Å². The molecule has 3 aromatic rings. The molecule has 4 nitrogen and oxygen atoms in total. The number of rotatable bonds is 5. The largest absolute Gasteiger partial charge is 0.349 e. The van der Waals surface area contributed by atoms with E-state index >= 15 is 0 Å². The van der Waals surface area contributed by atoms with Crippen molar-refractivity contribution in [2.75, 3.05) is 10.0 Å². The molecule has 0 aliphatic carbocycles. The Morgan fingerprint density at radius 3 is 2.14 bits per heavy atom. The Hall–Kier alpha value is -1.69. The summed E-state index contributed by atoms with van der Waals surface area (Å²) < 4.78 is 70.9. The van der Waals surface area contributed by atoms with Gasteiger partial charge in [0.05, 0.1) is 21.3 Å². The van der Waals surface area contributed by atoms with Gasteiger partial charge in [-0.2, -0.15) is 0 Å². The zero-order valence-electron chi connectivity index (χ0n) is 14.1. The predicted molar refractivity (Wildman–Crippen MR) is 116 cm³/mol. The highest BCUT2D eigenvalue weighted by molar-refractivity contribution is 14.1. The first-order valence-electron chi connectivity index (χ1n) is 7.77. The highest BCUT2D eigenvalue weighted by Crippen LogP contribution is 2.43. The van der Waals surface area contributed by atoms with Gasteiger partial charge in [0.15, 0.2) is 11.6 Å². The molecule has 3 rings (SSSR count). The molecule has 11 heteroatoms. The summed E-state index contributed by atoms with van der Waals surface area (Å²) in [7, 11) is -4.23. The number of halogens is 6. The monoisotopic (exact) mass is 572 g/mol. The lowest BCUT2D eigenvalue weighted by Crippen LogP contribution is -2.16. The lowest BCUT2D eigenvalue weighted by atomic mass is 10.2. The van der Waals surface area contributed by atoms with Gasteiger partial charge in [0.2, 0.25) is 0 Å². The van der Waals surface area contributed by atoms with Crippen LogP contribution >= 0.6 is 45.8 Å². The molecule has 0 aliphatic rings. The minimum atomic E-state index is -4.23. The first-order valence-corrected chi connectivity index (χ1v) is 11.1. The molecule has 0 bridgehead atoms. The number of sulfonamides is 1. The second kappa shape index (κ2) is 8.58. The first kappa shape index (κ1) is 22.0. The molecule has 2 N–H and O–H groups in total. The van der Waals surface area contributed by atoms with Crippen LogP contribution < -0.4 is 10.0 Å². The van der Waals surface area contributed by atoms with Crippen LogP contribution in [0.3, 0.4) is 0 Å². The highest BCUT2D eigenvalue weighted by atomic mass is 127. The van der Waals surface area contributed by atoms with Gasteiger partial charge in [0.1, 0.15) is 16.5 Å². The van der Waals surface area contributed by atoms with E-state index in [4.69, 9.17) is 23.2 Å². The molecule has 0 unspecified atom stereocenters. The standard InChI is InChI=1S/C18H10Cl2F3IN2O2S/c19-13-14(20)17(26-29(27,28)10-4-2-1-3-5-10)18(16(23)15(13)22)25-12-7-6-9(24)8-11(12)21/h1-8,25-26H. The molecular weight excluding hydrogens is 563 g/mol. The van der Waals surface area contributed by atoms with Crippen LogP contribution in [0.2, 0.25) is 10.0 Å². The molecule has 0 saturated heterocycles. The van der Waals surface area contributed by atoms with Crippen LogP contribution in [0.4, 0.5) is 30.2 Å². The van der Waals surface area contributed by atoms with Gasteiger partial charge < -0.3 is 5.32 Å². The number of nitrogens with one attached hydrogen (secondary N) is 2. The van der Waals surface area contributed by atoms with Crippen molar-refractivity contribution in [2.24, 2.45) is 0 Å². The van der Waals surface area contributed by atoms with Gasteiger partial charge in [-0.05, 0) is 52.9 Å². The van der Waals surface area contributed by atoms with E-state index in [1.165, 1.54) is 36.4 Å². The Bertz CT molecular complexity index is 1200. The van der Waals surface area contributed by atoms with Crippen LogP contribution in [0.5, 0.6) is 0 Å². The second-order valence-corrected chi connectivity index (χ2v) is 9.36. The van der Waals surface area contributed by atoms with Crippen molar-refractivity contribution in [1.82, 2.24) is 0 Å². The van der Waals surface area contributed by atoms with Gasteiger partial charge in [-0.15, -0.1) is 0 Å². The molecule has 0 atom stereocenters. The van der Waals surface area contributed by atoms with Crippen LogP contribution in [-0.4, -0.2) is 8.42 Å². The lowest BCUT2D eigenvalue weighted by molar-refractivity contribution is 0.512. The SMILES string of the molecule is O=S(=O)(Nc1c(Cl)c(Cl)c(F)c(F)c1Nc1ccc(I)cc1F)c1ccccc1. The van der Waals surface area contributed by atoms with Gasteiger partial charge in [-0.1, -0.05) is 41.4 Å². The van der Waals surface area contributed by atoms with Crippen LogP contribution in [0, 0.1) is 21.0 Å². The van der Waals surface area contributed by atoms with E-state index in [0.29, 0.717) is 3.57 Å². The fourth-order valence-electron chi connectivity index (χ4n) is 2.36. The molecule has 3 aromatic carbocycles. The van der Waals surface area contributed by atoms with Gasteiger partial charge in [-0.25, -0.2) is 21.6 Å². The van der Waals surface area contributed by atoms with Crippen molar-refractivity contribution >= 4 is 72.9 Å². The number of benzene rings is 3. The molecule has 0 aromatic heterocycles. The molecule has 0 amide bonds. The van der Waals surface area contributed by atoms with E-state index < -0.39 is 48.9 Å². The Morgan fingerprint density at radius 1 is 0.862 bits per heavy atom. The number of anilines is 3. The lowest BCUT2D eigenvalue weighted by Gasteiger charge is -2.18. The van der Waals surface area contributed by atoms with E-state index in [-0.39, 0.29) is 10.6 Å². The topological polar surface area (TPSA) is 58.2 Å². The fourth-order valence-corrected chi connectivity index (χ4v) is 4.38. The first-order chi connectivity index (χ1) is 13.6. The molecule has 152 valence electrons. The number of hydrogen-bond donors (Lipinski definition) is 2. The van der Waals surface area contributed by atoms with Gasteiger partial charge in [0, 0.05) is 3.57 Å². The summed E-state index contributed by atoms with van der Waals surface area (Å²) in [5.41, 5.74) is -1.49. The van der Waals surface area contributed by atoms with E-state index in [2.05, 4.69) is 10.0 Å². The summed E-state index contributed by atoms with van der Waals surface area (Å²) in [6.07, 6.45) is 0. The van der Waals surface area contributed by atoms with Crippen LogP contribution in [0.15, 0.2) is 53.4 Å². The maximum atomic E-state index is 14.6. The van der Waals surface area contributed by atoms with E-state index in [0.717, 1.165) is 6.07 Å².